The summed E-state index contributed by atoms with van der Waals surface area (Å²) in [6.45, 7) is 2.23. The number of nitrogens with two attached hydrogens (primary N) is 1. The Hall–Kier alpha value is -0.820. The van der Waals surface area contributed by atoms with Gasteiger partial charge in [0.1, 0.15) is 0 Å². The van der Waals surface area contributed by atoms with E-state index in [-0.39, 0.29) is 6.04 Å². The molecule has 0 saturated heterocycles. The largest absolute Gasteiger partial charge is 0.324 e. The van der Waals surface area contributed by atoms with E-state index in [1.54, 1.807) is 0 Å². The Morgan fingerprint density at radius 1 is 1.33 bits per heavy atom. The van der Waals surface area contributed by atoms with Crippen molar-refractivity contribution >= 4 is 0 Å². The zero-order valence-corrected chi connectivity index (χ0v) is 9.63. The zero-order valence-electron chi connectivity index (χ0n) is 9.63. The van der Waals surface area contributed by atoms with E-state index < -0.39 is 0 Å². The third-order valence-corrected chi connectivity index (χ3v) is 3.36. The van der Waals surface area contributed by atoms with Gasteiger partial charge in [0.15, 0.2) is 0 Å². The molecule has 0 bridgehead atoms. The minimum Gasteiger partial charge on any atom is -0.324 e. The van der Waals surface area contributed by atoms with Gasteiger partial charge >= 0.3 is 0 Å². The standard InChI is InChI=1S/C14H21N/c1-2-5-11-8-9-12-6-3-4-7-14(15)13(12)10-11/h8-10,14H,2-7,15H2,1H3/t14-/m1/s1. The van der Waals surface area contributed by atoms with Crippen LogP contribution in [0.5, 0.6) is 0 Å². The van der Waals surface area contributed by atoms with Gasteiger partial charge in [-0.05, 0) is 42.4 Å². The Morgan fingerprint density at radius 2 is 2.20 bits per heavy atom. The highest BCUT2D eigenvalue weighted by atomic mass is 14.6. The smallest absolute Gasteiger partial charge is 0.0297 e. The van der Waals surface area contributed by atoms with Crippen LogP contribution in [0.4, 0.5) is 0 Å². The van der Waals surface area contributed by atoms with Crippen molar-refractivity contribution in [3.63, 3.8) is 0 Å². The number of benzene rings is 1. The first kappa shape index (κ1) is 10.7. The van der Waals surface area contributed by atoms with Crippen molar-refractivity contribution < 1.29 is 0 Å². The van der Waals surface area contributed by atoms with Crippen LogP contribution >= 0.6 is 0 Å². The average molecular weight is 203 g/mol. The lowest BCUT2D eigenvalue weighted by Gasteiger charge is -2.14. The average Bonchev–Trinajstić information content (AvgIpc) is 2.42. The molecule has 1 heteroatoms. The van der Waals surface area contributed by atoms with Crippen molar-refractivity contribution in [1.82, 2.24) is 0 Å². The van der Waals surface area contributed by atoms with Gasteiger partial charge in [-0.2, -0.15) is 0 Å². The van der Waals surface area contributed by atoms with Crippen LogP contribution in [-0.4, -0.2) is 0 Å². The lowest BCUT2D eigenvalue weighted by atomic mass is 9.96. The fourth-order valence-electron chi connectivity index (χ4n) is 2.50. The minimum atomic E-state index is 0.277. The predicted octanol–water partition coefficient (Wildman–Crippen LogP) is 3.37. The summed E-state index contributed by atoms with van der Waals surface area (Å²) in [7, 11) is 0. The van der Waals surface area contributed by atoms with Gasteiger partial charge in [-0.15, -0.1) is 0 Å². The summed E-state index contributed by atoms with van der Waals surface area (Å²) < 4.78 is 0. The summed E-state index contributed by atoms with van der Waals surface area (Å²) in [5.74, 6) is 0. The van der Waals surface area contributed by atoms with Crippen molar-refractivity contribution in [2.75, 3.05) is 0 Å². The van der Waals surface area contributed by atoms with Gasteiger partial charge in [0.05, 0.1) is 0 Å². The van der Waals surface area contributed by atoms with Crippen LogP contribution in [0.1, 0.15) is 55.3 Å². The highest BCUT2D eigenvalue weighted by Crippen LogP contribution is 2.27. The summed E-state index contributed by atoms with van der Waals surface area (Å²) in [4.78, 5) is 0. The summed E-state index contributed by atoms with van der Waals surface area (Å²) in [5, 5.41) is 0. The molecule has 0 heterocycles. The number of hydrogen-bond acceptors (Lipinski definition) is 1. The van der Waals surface area contributed by atoms with Crippen LogP contribution in [0.25, 0.3) is 0 Å². The number of hydrogen-bond donors (Lipinski definition) is 1. The monoisotopic (exact) mass is 203 g/mol. The van der Waals surface area contributed by atoms with Gasteiger partial charge < -0.3 is 5.73 Å². The molecule has 2 rings (SSSR count). The molecule has 1 aliphatic rings. The second-order valence-corrected chi connectivity index (χ2v) is 4.64. The van der Waals surface area contributed by atoms with Crippen LogP contribution in [0.2, 0.25) is 0 Å². The molecular formula is C14H21N. The number of fused-ring (bicyclic) bond motifs is 1. The van der Waals surface area contributed by atoms with Crippen molar-refractivity contribution in [3.8, 4) is 0 Å². The van der Waals surface area contributed by atoms with Crippen molar-refractivity contribution in [1.29, 1.82) is 0 Å². The Bertz CT molecular complexity index is 330. The third kappa shape index (κ3) is 2.40. The zero-order chi connectivity index (χ0) is 10.7. The number of aryl methyl sites for hydroxylation is 2. The highest BCUT2D eigenvalue weighted by molar-refractivity contribution is 5.35. The topological polar surface area (TPSA) is 26.0 Å². The fourth-order valence-corrected chi connectivity index (χ4v) is 2.50. The molecule has 0 amide bonds. The molecule has 0 spiro atoms. The van der Waals surface area contributed by atoms with Crippen molar-refractivity contribution in [2.24, 2.45) is 5.73 Å². The van der Waals surface area contributed by atoms with Crippen LogP contribution < -0.4 is 5.73 Å². The van der Waals surface area contributed by atoms with Crippen LogP contribution in [0.3, 0.4) is 0 Å². The Labute approximate surface area is 92.7 Å². The number of rotatable bonds is 2. The summed E-state index contributed by atoms with van der Waals surface area (Å²) in [6.07, 6.45) is 7.35. The second-order valence-electron chi connectivity index (χ2n) is 4.64. The van der Waals surface area contributed by atoms with E-state index in [4.69, 9.17) is 5.73 Å². The molecule has 1 nitrogen and oxygen atoms in total. The van der Waals surface area contributed by atoms with Crippen molar-refractivity contribution in [2.45, 2.75) is 51.5 Å². The molecular weight excluding hydrogens is 182 g/mol. The second kappa shape index (κ2) is 4.80. The molecule has 0 aliphatic heterocycles. The highest BCUT2D eigenvalue weighted by Gasteiger charge is 2.15. The summed E-state index contributed by atoms with van der Waals surface area (Å²) in [5.41, 5.74) is 10.6. The molecule has 82 valence electrons. The molecule has 0 unspecified atom stereocenters. The lowest BCUT2D eigenvalue weighted by molar-refractivity contribution is 0.614. The van der Waals surface area contributed by atoms with E-state index in [0.29, 0.717) is 0 Å². The minimum absolute atomic E-state index is 0.277. The van der Waals surface area contributed by atoms with Gasteiger partial charge in [-0.3, -0.25) is 0 Å². The molecule has 0 radical (unpaired) electrons. The molecule has 1 atom stereocenters. The maximum atomic E-state index is 6.21. The van der Waals surface area contributed by atoms with Gasteiger partial charge in [-0.25, -0.2) is 0 Å². The lowest BCUT2D eigenvalue weighted by Crippen LogP contribution is -2.10. The molecule has 0 aromatic heterocycles. The molecule has 1 aromatic rings. The van der Waals surface area contributed by atoms with Gasteiger partial charge in [0.25, 0.3) is 0 Å². The Balaban J connectivity index is 2.31. The van der Waals surface area contributed by atoms with Gasteiger partial charge in [-0.1, -0.05) is 38.0 Å². The quantitative estimate of drug-likeness (QED) is 0.733. The summed E-state index contributed by atoms with van der Waals surface area (Å²) >= 11 is 0. The maximum Gasteiger partial charge on any atom is 0.0297 e. The fraction of sp³-hybridized carbons (Fsp3) is 0.571. The first-order chi connectivity index (χ1) is 7.31. The molecule has 15 heavy (non-hydrogen) atoms. The van der Waals surface area contributed by atoms with E-state index in [0.717, 1.165) is 6.42 Å². The van der Waals surface area contributed by atoms with E-state index in [1.165, 1.54) is 48.8 Å². The van der Waals surface area contributed by atoms with Crippen LogP contribution in [0.15, 0.2) is 18.2 Å². The van der Waals surface area contributed by atoms with E-state index in [9.17, 15) is 0 Å². The maximum absolute atomic E-state index is 6.21. The molecule has 0 saturated carbocycles. The van der Waals surface area contributed by atoms with Gasteiger partial charge in [0, 0.05) is 6.04 Å². The van der Waals surface area contributed by atoms with Crippen LogP contribution in [0, 0.1) is 0 Å². The van der Waals surface area contributed by atoms with E-state index in [1.807, 2.05) is 0 Å². The Kier molecular flexibility index (Phi) is 3.42. The molecule has 1 aliphatic carbocycles. The predicted molar refractivity (Wildman–Crippen MR) is 64.9 cm³/mol. The summed E-state index contributed by atoms with van der Waals surface area (Å²) in [6, 6.07) is 7.19. The Morgan fingerprint density at radius 3 is 3.00 bits per heavy atom. The molecule has 1 aromatic carbocycles. The molecule has 0 fully saturated rings. The van der Waals surface area contributed by atoms with Gasteiger partial charge in [0.2, 0.25) is 0 Å². The third-order valence-electron chi connectivity index (χ3n) is 3.36. The first-order valence-corrected chi connectivity index (χ1v) is 6.18. The first-order valence-electron chi connectivity index (χ1n) is 6.18. The molecule has 2 N–H and O–H groups in total. The SMILES string of the molecule is CCCc1ccc2c(c1)[C@H](N)CCCC2. The van der Waals surface area contributed by atoms with Crippen molar-refractivity contribution in [3.05, 3.63) is 34.9 Å². The van der Waals surface area contributed by atoms with E-state index in [2.05, 4.69) is 25.1 Å². The van der Waals surface area contributed by atoms with E-state index >= 15 is 0 Å². The van der Waals surface area contributed by atoms with Crippen LogP contribution in [-0.2, 0) is 12.8 Å². The normalized spacial score (nSPS) is 20.8.